The molecule has 1 amide bonds. The highest BCUT2D eigenvalue weighted by Crippen LogP contribution is 2.27. The summed E-state index contributed by atoms with van der Waals surface area (Å²) in [6.45, 7) is 1.72. The van der Waals surface area contributed by atoms with Gasteiger partial charge in [-0.3, -0.25) is 9.59 Å². The minimum Gasteiger partial charge on any atom is -0.442 e. The predicted molar refractivity (Wildman–Crippen MR) is 88.3 cm³/mol. The lowest BCUT2D eigenvalue weighted by molar-refractivity contribution is -0.151. The molecule has 0 unspecified atom stereocenters. The number of nitrogens with one attached hydrogen (secondary N) is 1. The minimum atomic E-state index is -0.603. The van der Waals surface area contributed by atoms with Gasteiger partial charge in [-0.1, -0.05) is 25.3 Å². The summed E-state index contributed by atoms with van der Waals surface area (Å²) in [5.41, 5.74) is 13.1. The Kier molecular flexibility index (Phi) is 5.98. The maximum Gasteiger partial charge on any atom is 0.304 e. The van der Waals surface area contributed by atoms with Crippen LogP contribution in [0.15, 0.2) is 18.2 Å². The van der Waals surface area contributed by atoms with Crippen LogP contribution in [0.25, 0.3) is 0 Å². The third kappa shape index (κ3) is 4.69. The van der Waals surface area contributed by atoms with E-state index in [1.165, 1.54) is 13.3 Å². The molecule has 1 saturated carbocycles. The van der Waals surface area contributed by atoms with Gasteiger partial charge in [0.25, 0.3) is 5.91 Å². The van der Waals surface area contributed by atoms with Crippen molar-refractivity contribution < 1.29 is 14.3 Å². The summed E-state index contributed by atoms with van der Waals surface area (Å²) in [6, 6.07) is 5.11. The molecule has 6 heteroatoms. The van der Waals surface area contributed by atoms with Crippen LogP contribution >= 0.6 is 0 Å². The van der Waals surface area contributed by atoms with E-state index in [-0.39, 0.29) is 11.8 Å². The Hall–Kier alpha value is -2.08. The molecule has 1 aromatic carbocycles. The van der Waals surface area contributed by atoms with Gasteiger partial charge in [0.05, 0.1) is 5.56 Å². The van der Waals surface area contributed by atoms with E-state index in [9.17, 15) is 9.59 Å². The molecular weight excluding hydrogens is 294 g/mol. The van der Waals surface area contributed by atoms with Gasteiger partial charge in [-0.2, -0.15) is 0 Å². The first kappa shape index (κ1) is 17.3. The lowest BCUT2D eigenvalue weighted by Gasteiger charge is -2.30. The number of hydrogen-bond acceptors (Lipinski definition) is 5. The molecule has 2 rings (SSSR count). The van der Waals surface area contributed by atoms with Gasteiger partial charge in [-0.15, -0.1) is 0 Å². The van der Waals surface area contributed by atoms with E-state index in [0.717, 1.165) is 31.2 Å². The number of anilines is 1. The molecule has 0 saturated heterocycles. The molecule has 23 heavy (non-hydrogen) atoms. The molecule has 1 atom stereocenters. The van der Waals surface area contributed by atoms with Crippen molar-refractivity contribution >= 4 is 17.6 Å². The molecule has 1 aromatic rings. The molecule has 0 bridgehead atoms. The number of ether oxygens (including phenoxy) is 1. The van der Waals surface area contributed by atoms with Crippen molar-refractivity contribution in [1.82, 2.24) is 5.32 Å². The molecule has 6 nitrogen and oxygen atoms in total. The number of amides is 1. The number of hydrogen-bond donors (Lipinski definition) is 3. The first-order chi connectivity index (χ1) is 11.0. The van der Waals surface area contributed by atoms with E-state index in [1.807, 2.05) is 0 Å². The molecule has 1 aliphatic carbocycles. The highest BCUT2D eigenvalue weighted by atomic mass is 16.6. The topological polar surface area (TPSA) is 107 Å². The molecule has 0 heterocycles. The van der Waals surface area contributed by atoms with Crippen LogP contribution in [0.5, 0.6) is 0 Å². The molecule has 126 valence electrons. The highest BCUT2D eigenvalue weighted by Gasteiger charge is 2.28. The fourth-order valence-corrected chi connectivity index (χ4v) is 3.01. The van der Waals surface area contributed by atoms with Gasteiger partial charge in [-0.05, 0) is 30.5 Å². The van der Waals surface area contributed by atoms with Crippen molar-refractivity contribution in [2.24, 2.45) is 11.7 Å². The first-order valence-corrected chi connectivity index (χ1v) is 8.08. The standard InChI is InChI=1S/C17H25N3O3/c1-11(21)23-17(13-5-3-2-4-6-13)20-16(22)14-8-7-12(10-18)9-15(14)19/h7-9,13,17H,2-6,10,18-19H2,1H3,(H,20,22)/t17-/m0/s1. The summed E-state index contributed by atoms with van der Waals surface area (Å²) >= 11 is 0. The van der Waals surface area contributed by atoms with Gasteiger partial charge >= 0.3 is 5.97 Å². The Bertz CT molecular complexity index is 568. The summed E-state index contributed by atoms with van der Waals surface area (Å²) in [5.74, 6) is -0.573. The van der Waals surface area contributed by atoms with Gasteiger partial charge in [-0.25, -0.2) is 0 Å². The van der Waals surface area contributed by atoms with Gasteiger partial charge in [0, 0.05) is 25.1 Å². The minimum absolute atomic E-state index is 0.154. The Morgan fingerprint density at radius 2 is 2.00 bits per heavy atom. The lowest BCUT2D eigenvalue weighted by Crippen LogP contribution is -2.44. The largest absolute Gasteiger partial charge is 0.442 e. The van der Waals surface area contributed by atoms with Gasteiger partial charge < -0.3 is 21.5 Å². The van der Waals surface area contributed by atoms with Crippen LogP contribution in [-0.4, -0.2) is 18.1 Å². The van der Waals surface area contributed by atoms with E-state index in [4.69, 9.17) is 16.2 Å². The number of rotatable bonds is 5. The molecule has 0 aliphatic heterocycles. The third-order valence-corrected chi connectivity index (χ3v) is 4.24. The molecular formula is C17H25N3O3. The second-order valence-electron chi connectivity index (χ2n) is 6.03. The van der Waals surface area contributed by atoms with Crippen LogP contribution in [0.1, 0.15) is 54.9 Å². The summed E-state index contributed by atoms with van der Waals surface area (Å²) in [6.07, 6.45) is 4.65. The lowest BCUT2D eigenvalue weighted by atomic mass is 9.88. The van der Waals surface area contributed by atoms with Crippen molar-refractivity contribution in [3.05, 3.63) is 29.3 Å². The number of carbonyl (C=O) groups excluding carboxylic acids is 2. The van der Waals surface area contributed by atoms with Crippen LogP contribution in [0.3, 0.4) is 0 Å². The van der Waals surface area contributed by atoms with Gasteiger partial charge in [0.15, 0.2) is 6.23 Å². The Morgan fingerprint density at radius 1 is 1.30 bits per heavy atom. The third-order valence-electron chi connectivity index (χ3n) is 4.24. The summed E-state index contributed by atoms with van der Waals surface area (Å²) in [4.78, 5) is 23.8. The van der Waals surface area contributed by atoms with Crippen molar-refractivity contribution in [1.29, 1.82) is 0 Å². The Morgan fingerprint density at radius 3 is 2.57 bits per heavy atom. The van der Waals surface area contributed by atoms with E-state index in [0.29, 0.717) is 17.8 Å². The number of esters is 1. The fraction of sp³-hybridized carbons (Fsp3) is 0.529. The molecule has 1 fully saturated rings. The highest BCUT2D eigenvalue weighted by molar-refractivity contribution is 5.99. The molecule has 0 aromatic heterocycles. The number of carbonyl (C=O) groups is 2. The second-order valence-corrected chi connectivity index (χ2v) is 6.03. The van der Waals surface area contributed by atoms with E-state index >= 15 is 0 Å². The number of nitrogen functional groups attached to an aromatic ring is 1. The van der Waals surface area contributed by atoms with Crippen LogP contribution in [0.2, 0.25) is 0 Å². The zero-order valence-corrected chi connectivity index (χ0v) is 13.5. The van der Waals surface area contributed by atoms with Crippen molar-refractivity contribution in [3.63, 3.8) is 0 Å². The average molecular weight is 319 g/mol. The molecule has 5 N–H and O–H groups in total. The second kappa shape index (κ2) is 7.97. The van der Waals surface area contributed by atoms with Crippen LogP contribution in [0.4, 0.5) is 5.69 Å². The van der Waals surface area contributed by atoms with Crippen LogP contribution < -0.4 is 16.8 Å². The summed E-state index contributed by atoms with van der Waals surface area (Å²) < 4.78 is 5.34. The van der Waals surface area contributed by atoms with Gasteiger partial charge in [0.2, 0.25) is 0 Å². The van der Waals surface area contributed by atoms with Crippen molar-refractivity contribution in [2.45, 2.75) is 51.8 Å². The molecule has 0 spiro atoms. The number of nitrogens with two attached hydrogens (primary N) is 2. The average Bonchev–Trinajstić information content (AvgIpc) is 2.54. The Balaban J connectivity index is 2.11. The maximum atomic E-state index is 12.5. The SMILES string of the molecule is CC(=O)O[C@H](NC(=O)c1ccc(CN)cc1N)C1CCCCC1. The zero-order valence-electron chi connectivity index (χ0n) is 13.5. The van der Waals surface area contributed by atoms with Crippen LogP contribution in [0, 0.1) is 5.92 Å². The van der Waals surface area contributed by atoms with Gasteiger partial charge in [0.1, 0.15) is 0 Å². The maximum absolute atomic E-state index is 12.5. The fourth-order valence-electron chi connectivity index (χ4n) is 3.01. The summed E-state index contributed by atoms with van der Waals surface area (Å²) in [7, 11) is 0. The normalized spacial score (nSPS) is 16.6. The van der Waals surface area contributed by atoms with E-state index in [1.54, 1.807) is 18.2 Å². The number of benzene rings is 1. The predicted octanol–water partition coefficient (Wildman–Crippen LogP) is 1.93. The zero-order chi connectivity index (χ0) is 16.8. The van der Waals surface area contributed by atoms with Crippen LogP contribution in [-0.2, 0) is 16.1 Å². The van der Waals surface area contributed by atoms with E-state index < -0.39 is 12.2 Å². The Labute approximate surface area is 136 Å². The smallest absolute Gasteiger partial charge is 0.304 e. The van der Waals surface area contributed by atoms with Crippen molar-refractivity contribution in [3.8, 4) is 0 Å². The molecule has 1 aliphatic rings. The quantitative estimate of drug-likeness (QED) is 0.436. The monoisotopic (exact) mass is 319 g/mol. The summed E-state index contributed by atoms with van der Waals surface area (Å²) in [5, 5.41) is 2.82. The van der Waals surface area contributed by atoms with Crippen molar-refractivity contribution in [2.75, 3.05) is 5.73 Å². The molecule has 0 radical (unpaired) electrons. The first-order valence-electron chi connectivity index (χ1n) is 8.08. The van der Waals surface area contributed by atoms with E-state index in [2.05, 4.69) is 5.32 Å².